The number of hydrogen-bond acceptors (Lipinski definition) is 4. The maximum atomic E-state index is 14.0. The summed E-state index contributed by atoms with van der Waals surface area (Å²) in [6.45, 7) is 3.80. The molecule has 140 valence electrons. The summed E-state index contributed by atoms with van der Waals surface area (Å²) in [4.78, 5) is 12.3. The van der Waals surface area contributed by atoms with Gasteiger partial charge in [-0.25, -0.2) is 4.39 Å². The molecule has 0 radical (unpaired) electrons. The van der Waals surface area contributed by atoms with E-state index in [0.29, 0.717) is 24.8 Å². The van der Waals surface area contributed by atoms with Crippen LogP contribution >= 0.6 is 0 Å². The molecule has 0 heterocycles. The van der Waals surface area contributed by atoms with Crippen LogP contribution in [0.5, 0.6) is 0 Å². The highest BCUT2D eigenvalue weighted by Crippen LogP contribution is 2.31. The van der Waals surface area contributed by atoms with Crippen molar-refractivity contribution in [2.75, 3.05) is 0 Å². The summed E-state index contributed by atoms with van der Waals surface area (Å²) in [5.41, 5.74) is 0.400. The molecule has 6 heteroatoms. The zero-order valence-corrected chi connectivity index (χ0v) is 14.7. The highest BCUT2D eigenvalue weighted by Gasteiger charge is 2.40. The van der Waals surface area contributed by atoms with E-state index < -0.39 is 42.0 Å². The molecule has 0 aromatic heterocycles. The fourth-order valence-electron chi connectivity index (χ4n) is 3.54. The van der Waals surface area contributed by atoms with Crippen molar-refractivity contribution in [1.82, 2.24) is 5.32 Å². The number of benzene rings is 1. The molecule has 1 aromatic carbocycles. The summed E-state index contributed by atoms with van der Waals surface area (Å²) < 4.78 is 14.0. The van der Waals surface area contributed by atoms with E-state index in [0.717, 1.165) is 0 Å². The Balaban J connectivity index is 2.17. The summed E-state index contributed by atoms with van der Waals surface area (Å²) in [7, 11) is 0. The molecule has 25 heavy (non-hydrogen) atoms. The van der Waals surface area contributed by atoms with Crippen LogP contribution in [0, 0.1) is 17.7 Å². The van der Waals surface area contributed by atoms with Crippen molar-refractivity contribution in [2.45, 2.75) is 63.9 Å². The van der Waals surface area contributed by atoms with Crippen LogP contribution in [0.2, 0.25) is 0 Å². The molecule has 0 saturated heterocycles. The van der Waals surface area contributed by atoms with Gasteiger partial charge in [0, 0.05) is 12.0 Å². The molecule has 1 aromatic rings. The first-order valence-electron chi connectivity index (χ1n) is 8.87. The normalized spacial score (nSPS) is 25.8. The molecule has 1 saturated carbocycles. The molecule has 2 rings (SSSR count). The lowest BCUT2D eigenvalue weighted by Gasteiger charge is -2.30. The molecule has 0 bridgehead atoms. The third-order valence-electron chi connectivity index (χ3n) is 4.83. The number of rotatable bonds is 7. The number of aliphatic hydroxyl groups is 3. The van der Waals surface area contributed by atoms with Gasteiger partial charge in [-0.3, -0.25) is 4.79 Å². The predicted octanol–water partition coefficient (Wildman–Crippen LogP) is 1.39. The van der Waals surface area contributed by atoms with Crippen LogP contribution in [0.4, 0.5) is 4.39 Å². The summed E-state index contributed by atoms with van der Waals surface area (Å²) in [5.74, 6) is -1.39. The molecule has 1 aliphatic carbocycles. The first-order valence-corrected chi connectivity index (χ1v) is 8.87. The first kappa shape index (κ1) is 19.8. The molecular formula is C19H28FNO4. The topological polar surface area (TPSA) is 89.8 Å². The van der Waals surface area contributed by atoms with Crippen LogP contribution in [0.15, 0.2) is 24.3 Å². The molecule has 0 aliphatic heterocycles. The zero-order chi connectivity index (χ0) is 18.6. The number of aliphatic hydroxyl groups excluding tert-OH is 3. The van der Waals surface area contributed by atoms with Gasteiger partial charge in [-0.15, -0.1) is 0 Å². The molecule has 0 spiro atoms. The van der Waals surface area contributed by atoms with Crippen molar-refractivity contribution < 1.29 is 24.5 Å². The average molecular weight is 353 g/mol. The van der Waals surface area contributed by atoms with Gasteiger partial charge in [0.25, 0.3) is 0 Å². The van der Waals surface area contributed by atoms with E-state index in [2.05, 4.69) is 5.32 Å². The van der Waals surface area contributed by atoms with E-state index in [1.54, 1.807) is 18.2 Å². The minimum absolute atomic E-state index is 0.144. The van der Waals surface area contributed by atoms with Gasteiger partial charge < -0.3 is 20.6 Å². The van der Waals surface area contributed by atoms with Gasteiger partial charge in [-0.05, 0) is 43.2 Å². The van der Waals surface area contributed by atoms with Gasteiger partial charge in [0.05, 0.1) is 12.2 Å². The Kier molecular flexibility index (Phi) is 6.93. The van der Waals surface area contributed by atoms with Crippen LogP contribution < -0.4 is 5.32 Å². The molecule has 4 atom stereocenters. The van der Waals surface area contributed by atoms with Gasteiger partial charge in [-0.2, -0.15) is 0 Å². The van der Waals surface area contributed by atoms with Crippen molar-refractivity contribution in [2.24, 2.45) is 11.8 Å². The van der Waals surface area contributed by atoms with E-state index in [-0.39, 0.29) is 12.3 Å². The predicted molar refractivity (Wildman–Crippen MR) is 92.2 cm³/mol. The third kappa shape index (κ3) is 5.23. The molecule has 1 aliphatic rings. The van der Waals surface area contributed by atoms with Crippen molar-refractivity contribution in [3.05, 3.63) is 35.6 Å². The standard InChI is InChI=1S/C19H28FNO4/c1-11(2)9-17(24)19(25)21-14(18-15(22)7-8-16(18)23)10-12-5-3-4-6-13(12)20/h3-6,11,14-18,22-24H,7-10H2,1-2H3,(H,21,25)/t14-,15?,16?,17?,18?/m0/s1. The Bertz CT molecular complexity index is 570. The largest absolute Gasteiger partial charge is 0.393 e. The number of hydrogen-bond donors (Lipinski definition) is 4. The Morgan fingerprint density at radius 2 is 1.84 bits per heavy atom. The second-order valence-corrected chi connectivity index (χ2v) is 7.35. The Morgan fingerprint density at radius 1 is 1.24 bits per heavy atom. The third-order valence-corrected chi connectivity index (χ3v) is 4.83. The molecular weight excluding hydrogens is 325 g/mol. The van der Waals surface area contributed by atoms with Gasteiger partial charge in [-0.1, -0.05) is 32.0 Å². The van der Waals surface area contributed by atoms with Gasteiger partial charge in [0.15, 0.2) is 0 Å². The maximum absolute atomic E-state index is 14.0. The minimum Gasteiger partial charge on any atom is -0.393 e. The lowest BCUT2D eigenvalue weighted by atomic mass is 9.88. The van der Waals surface area contributed by atoms with Crippen molar-refractivity contribution >= 4 is 5.91 Å². The van der Waals surface area contributed by atoms with Crippen LogP contribution in [0.25, 0.3) is 0 Å². The minimum atomic E-state index is -1.17. The van der Waals surface area contributed by atoms with E-state index in [1.165, 1.54) is 6.07 Å². The Labute approximate surface area is 147 Å². The maximum Gasteiger partial charge on any atom is 0.249 e. The number of carbonyl (C=O) groups excluding carboxylic acids is 1. The van der Waals surface area contributed by atoms with Gasteiger partial charge in [0.2, 0.25) is 5.91 Å². The molecule has 5 nitrogen and oxygen atoms in total. The molecule has 1 amide bonds. The van der Waals surface area contributed by atoms with Crippen LogP contribution in [0.3, 0.4) is 0 Å². The van der Waals surface area contributed by atoms with Crippen LogP contribution in [-0.2, 0) is 11.2 Å². The Morgan fingerprint density at radius 3 is 2.40 bits per heavy atom. The fraction of sp³-hybridized carbons (Fsp3) is 0.632. The average Bonchev–Trinajstić information content (AvgIpc) is 2.87. The van der Waals surface area contributed by atoms with Crippen molar-refractivity contribution in [3.8, 4) is 0 Å². The second-order valence-electron chi connectivity index (χ2n) is 7.35. The van der Waals surface area contributed by atoms with Crippen LogP contribution in [-0.4, -0.2) is 45.6 Å². The monoisotopic (exact) mass is 353 g/mol. The lowest BCUT2D eigenvalue weighted by molar-refractivity contribution is -0.131. The highest BCUT2D eigenvalue weighted by molar-refractivity contribution is 5.80. The number of amides is 1. The van der Waals surface area contributed by atoms with Crippen molar-refractivity contribution in [1.29, 1.82) is 0 Å². The molecule has 3 unspecified atom stereocenters. The number of halogens is 1. The summed E-state index contributed by atoms with van der Waals surface area (Å²) >= 11 is 0. The van der Waals surface area contributed by atoms with Gasteiger partial charge in [0.1, 0.15) is 11.9 Å². The van der Waals surface area contributed by atoms with E-state index in [9.17, 15) is 24.5 Å². The quantitative estimate of drug-likeness (QED) is 0.596. The van der Waals surface area contributed by atoms with E-state index in [1.807, 2.05) is 13.8 Å². The fourth-order valence-corrected chi connectivity index (χ4v) is 3.54. The van der Waals surface area contributed by atoms with Gasteiger partial charge >= 0.3 is 0 Å². The molecule has 1 fully saturated rings. The smallest absolute Gasteiger partial charge is 0.249 e. The summed E-state index contributed by atoms with van der Waals surface area (Å²) in [5, 5.41) is 33.2. The Hall–Kier alpha value is -1.50. The summed E-state index contributed by atoms with van der Waals surface area (Å²) in [6.07, 6.45) is -1.38. The van der Waals surface area contributed by atoms with Crippen molar-refractivity contribution in [3.63, 3.8) is 0 Å². The lowest BCUT2D eigenvalue weighted by Crippen LogP contribution is -2.51. The first-order chi connectivity index (χ1) is 11.8. The second kappa shape index (κ2) is 8.74. The zero-order valence-electron chi connectivity index (χ0n) is 14.7. The highest BCUT2D eigenvalue weighted by atomic mass is 19.1. The summed E-state index contributed by atoms with van der Waals surface area (Å²) in [6, 6.07) is 5.58. The SMILES string of the molecule is CC(C)CC(O)C(=O)N[C@@H](Cc1ccccc1F)C1C(O)CCC1O. The van der Waals surface area contributed by atoms with E-state index >= 15 is 0 Å². The molecule has 4 N–H and O–H groups in total. The van der Waals surface area contributed by atoms with Crippen LogP contribution in [0.1, 0.15) is 38.7 Å². The van der Waals surface area contributed by atoms with E-state index in [4.69, 9.17) is 0 Å². The number of carbonyl (C=O) groups is 1. The number of nitrogens with one attached hydrogen (secondary N) is 1.